The average Bonchev–Trinajstić information content (AvgIpc) is 2.61. The van der Waals surface area contributed by atoms with E-state index in [1.165, 1.54) is 11.1 Å². The molecule has 4 rings (SSSR count). The molecule has 2 heterocycles. The van der Waals surface area contributed by atoms with Crippen LogP contribution in [0.15, 0.2) is 24.3 Å². The molecule has 2 aliphatic rings. The SMILES string of the molecule is CCOc1c(C)cc(Cl)cc1C1NCCc2cc3c(cc21)OCCO3. The Morgan fingerprint density at radius 3 is 2.64 bits per heavy atom. The molecule has 0 aliphatic carbocycles. The van der Waals surface area contributed by atoms with Gasteiger partial charge in [0.25, 0.3) is 0 Å². The van der Waals surface area contributed by atoms with Gasteiger partial charge in [-0.2, -0.15) is 0 Å². The van der Waals surface area contributed by atoms with E-state index >= 15 is 0 Å². The zero-order valence-electron chi connectivity index (χ0n) is 14.5. The molecule has 25 heavy (non-hydrogen) atoms. The van der Waals surface area contributed by atoms with Crippen LogP contribution in [0.1, 0.15) is 35.2 Å². The van der Waals surface area contributed by atoms with Gasteiger partial charge in [0.1, 0.15) is 19.0 Å². The third-order valence-corrected chi connectivity index (χ3v) is 4.94. The van der Waals surface area contributed by atoms with Crippen molar-refractivity contribution in [2.45, 2.75) is 26.3 Å². The third-order valence-electron chi connectivity index (χ3n) is 4.73. The van der Waals surface area contributed by atoms with Gasteiger partial charge in [-0.15, -0.1) is 0 Å². The minimum atomic E-state index is 0.0264. The van der Waals surface area contributed by atoms with Crippen molar-refractivity contribution in [1.82, 2.24) is 5.32 Å². The molecule has 0 aromatic heterocycles. The summed E-state index contributed by atoms with van der Waals surface area (Å²) in [6.07, 6.45) is 0.964. The number of halogens is 1. The lowest BCUT2D eigenvalue weighted by Crippen LogP contribution is -2.31. The summed E-state index contributed by atoms with van der Waals surface area (Å²) < 4.78 is 17.5. The van der Waals surface area contributed by atoms with E-state index in [-0.39, 0.29) is 6.04 Å². The summed E-state index contributed by atoms with van der Waals surface area (Å²) in [6, 6.07) is 8.20. The fourth-order valence-corrected chi connectivity index (χ4v) is 3.96. The van der Waals surface area contributed by atoms with Crippen LogP contribution in [0.5, 0.6) is 17.2 Å². The molecule has 132 valence electrons. The lowest BCUT2D eigenvalue weighted by molar-refractivity contribution is 0.171. The fraction of sp³-hybridized carbons (Fsp3) is 0.400. The van der Waals surface area contributed by atoms with Gasteiger partial charge in [0.2, 0.25) is 0 Å². The quantitative estimate of drug-likeness (QED) is 0.897. The van der Waals surface area contributed by atoms with Crippen molar-refractivity contribution in [2.24, 2.45) is 0 Å². The number of benzene rings is 2. The van der Waals surface area contributed by atoms with Gasteiger partial charge in [0, 0.05) is 17.1 Å². The minimum Gasteiger partial charge on any atom is -0.493 e. The van der Waals surface area contributed by atoms with E-state index in [1.807, 2.05) is 26.0 Å². The van der Waals surface area contributed by atoms with Crippen molar-refractivity contribution < 1.29 is 14.2 Å². The first-order valence-electron chi connectivity index (χ1n) is 8.76. The Kier molecular flexibility index (Phi) is 4.48. The first-order valence-corrected chi connectivity index (χ1v) is 9.13. The molecule has 2 aliphatic heterocycles. The fourth-order valence-electron chi connectivity index (χ4n) is 3.68. The highest BCUT2D eigenvalue weighted by molar-refractivity contribution is 6.30. The Balaban J connectivity index is 1.84. The zero-order chi connectivity index (χ0) is 17.4. The van der Waals surface area contributed by atoms with E-state index in [0.29, 0.717) is 19.8 Å². The highest BCUT2D eigenvalue weighted by Crippen LogP contribution is 2.42. The lowest BCUT2D eigenvalue weighted by atomic mass is 9.88. The largest absolute Gasteiger partial charge is 0.493 e. The van der Waals surface area contributed by atoms with Crippen LogP contribution >= 0.6 is 11.6 Å². The van der Waals surface area contributed by atoms with Crippen LogP contribution < -0.4 is 19.5 Å². The van der Waals surface area contributed by atoms with Gasteiger partial charge in [-0.25, -0.2) is 0 Å². The molecule has 1 unspecified atom stereocenters. The van der Waals surface area contributed by atoms with Crippen LogP contribution in [0.2, 0.25) is 5.02 Å². The molecule has 0 radical (unpaired) electrons. The standard InChI is InChI=1S/C20H22ClNO3/c1-3-23-20-12(2)8-14(21)10-16(20)19-15-11-18-17(24-6-7-25-18)9-13(15)4-5-22-19/h8-11,19,22H,3-7H2,1-2H3. The molecule has 5 heteroatoms. The molecule has 2 aromatic rings. The van der Waals surface area contributed by atoms with Crippen molar-refractivity contribution in [3.05, 3.63) is 51.5 Å². The van der Waals surface area contributed by atoms with Crippen LogP contribution in [0.25, 0.3) is 0 Å². The predicted octanol–water partition coefficient (Wildman–Crippen LogP) is 4.05. The Labute approximate surface area is 153 Å². The molecule has 0 bridgehead atoms. The van der Waals surface area contributed by atoms with Gasteiger partial charge in [0.05, 0.1) is 12.6 Å². The van der Waals surface area contributed by atoms with Crippen molar-refractivity contribution in [3.8, 4) is 17.2 Å². The van der Waals surface area contributed by atoms with Crippen molar-refractivity contribution >= 4 is 11.6 Å². The molecule has 0 fully saturated rings. The second-order valence-corrected chi connectivity index (χ2v) is 6.84. The Morgan fingerprint density at radius 1 is 1.12 bits per heavy atom. The number of hydrogen-bond acceptors (Lipinski definition) is 4. The number of aryl methyl sites for hydroxylation is 1. The molecule has 1 atom stereocenters. The van der Waals surface area contributed by atoms with E-state index in [2.05, 4.69) is 17.4 Å². The van der Waals surface area contributed by atoms with Gasteiger partial charge in [-0.1, -0.05) is 11.6 Å². The Bertz CT molecular complexity index is 806. The molecule has 0 saturated heterocycles. The molecule has 1 N–H and O–H groups in total. The van der Waals surface area contributed by atoms with E-state index in [1.54, 1.807) is 0 Å². The second-order valence-electron chi connectivity index (χ2n) is 6.41. The summed E-state index contributed by atoms with van der Waals surface area (Å²) in [4.78, 5) is 0. The number of rotatable bonds is 3. The minimum absolute atomic E-state index is 0.0264. The normalized spacial score (nSPS) is 18.6. The maximum atomic E-state index is 6.36. The van der Waals surface area contributed by atoms with E-state index in [0.717, 1.165) is 46.4 Å². The molecular weight excluding hydrogens is 338 g/mol. The smallest absolute Gasteiger partial charge is 0.161 e. The summed E-state index contributed by atoms with van der Waals surface area (Å²) in [5.41, 5.74) is 4.62. The van der Waals surface area contributed by atoms with Crippen LogP contribution in [0, 0.1) is 6.92 Å². The lowest BCUT2D eigenvalue weighted by Gasteiger charge is -2.31. The van der Waals surface area contributed by atoms with Gasteiger partial charge in [0.15, 0.2) is 11.5 Å². The van der Waals surface area contributed by atoms with Crippen LogP contribution in [0.3, 0.4) is 0 Å². The van der Waals surface area contributed by atoms with Crippen molar-refractivity contribution in [2.75, 3.05) is 26.4 Å². The van der Waals surface area contributed by atoms with Crippen LogP contribution in [-0.4, -0.2) is 26.4 Å². The van der Waals surface area contributed by atoms with E-state index < -0.39 is 0 Å². The monoisotopic (exact) mass is 359 g/mol. The molecule has 2 aromatic carbocycles. The van der Waals surface area contributed by atoms with Gasteiger partial charge in [-0.05, 0) is 61.2 Å². The Hall–Kier alpha value is -1.91. The number of fused-ring (bicyclic) bond motifs is 2. The maximum absolute atomic E-state index is 6.36. The second kappa shape index (κ2) is 6.77. The van der Waals surface area contributed by atoms with Gasteiger partial charge >= 0.3 is 0 Å². The predicted molar refractivity (Wildman–Crippen MR) is 98.3 cm³/mol. The molecule has 0 spiro atoms. The molecule has 0 saturated carbocycles. The topological polar surface area (TPSA) is 39.7 Å². The summed E-state index contributed by atoms with van der Waals surface area (Å²) in [5.74, 6) is 2.57. The maximum Gasteiger partial charge on any atom is 0.161 e. The molecular formula is C20H22ClNO3. The zero-order valence-corrected chi connectivity index (χ0v) is 15.3. The summed E-state index contributed by atoms with van der Waals surface area (Å²) in [7, 11) is 0. The molecule has 0 amide bonds. The first kappa shape index (κ1) is 16.6. The Morgan fingerprint density at radius 2 is 1.88 bits per heavy atom. The summed E-state index contributed by atoms with van der Waals surface area (Å²) in [5, 5.41) is 4.34. The van der Waals surface area contributed by atoms with Crippen molar-refractivity contribution in [3.63, 3.8) is 0 Å². The summed E-state index contributed by atoms with van der Waals surface area (Å²) >= 11 is 6.36. The van der Waals surface area contributed by atoms with E-state index in [9.17, 15) is 0 Å². The molecule has 4 nitrogen and oxygen atoms in total. The number of hydrogen-bond donors (Lipinski definition) is 1. The van der Waals surface area contributed by atoms with Crippen molar-refractivity contribution in [1.29, 1.82) is 0 Å². The van der Waals surface area contributed by atoms with E-state index in [4.69, 9.17) is 25.8 Å². The van der Waals surface area contributed by atoms with Crippen LogP contribution in [-0.2, 0) is 6.42 Å². The number of nitrogens with one attached hydrogen (secondary N) is 1. The highest BCUT2D eigenvalue weighted by Gasteiger charge is 2.28. The average molecular weight is 360 g/mol. The first-order chi connectivity index (χ1) is 12.2. The number of ether oxygens (including phenoxy) is 3. The van der Waals surface area contributed by atoms with Crippen LogP contribution in [0.4, 0.5) is 0 Å². The van der Waals surface area contributed by atoms with Gasteiger partial charge in [-0.3, -0.25) is 0 Å². The van der Waals surface area contributed by atoms with Gasteiger partial charge < -0.3 is 19.5 Å². The highest BCUT2D eigenvalue weighted by atomic mass is 35.5. The summed E-state index contributed by atoms with van der Waals surface area (Å²) in [6.45, 7) is 6.75. The third kappa shape index (κ3) is 3.05.